The second kappa shape index (κ2) is 4.56. The van der Waals surface area contributed by atoms with Gasteiger partial charge in [-0.2, -0.15) is 0 Å². The molecule has 1 aliphatic carbocycles. The standard InChI is InChI=1S/C12H18N2/c1-10(8-11-2-3-11)14-9-12-4-6-13-7-5-12/h4-7,10-11,14H,2-3,8-9H2,1H3. The van der Waals surface area contributed by atoms with Gasteiger partial charge in [-0.15, -0.1) is 0 Å². The van der Waals surface area contributed by atoms with Gasteiger partial charge in [-0.1, -0.05) is 12.8 Å². The zero-order valence-corrected chi connectivity index (χ0v) is 8.74. The molecule has 0 amide bonds. The second-order valence-electron chi connectivity index (χ2n) is 4.32. The summed E-state index contributed by atoms with van der Waals surface area (Å²) >= 11 is 0. The molecular weight excluding hydrogens is 172 g/mol. The minimum absolute atomic E-state index is 0.649. The molecule has 14 heavy (non-hydrogen) atoms. The first-order valence-electron chi connectivity index (χ1n) is 5.47. The maximum Gasteiger partial charge on any atom is 0.0271 e. The zero-order chi connectivity index (χ0) is 9.80. The van der Waals surface area contributed by atoms with E-state index in [0.717, 1.165) is 12.5 Å². The highest BCUT2D eigenvalue weighted by Gasteiger charge is 2.23. The zero-order valence-electron chi connectivity index (χ0n) is 8.74. The van der Waals surface area contributed by atoms with Gasteiger partial charge in [-0.05, 0) is 37.0 Å². The van der Waals surface area contributed by atoms with Crippen molar-refractivity contribution in [1.82, 2.24) is 10.3 Å². The van der Waals surface area contributed by atoms with Crippen LogP contribution in [0, 0.1) is 5.92 Å². The number of aromatic nitrogens is 1. The third-order valence-corrected chi connectivity index (χ3v) is 2.79. The number of hydrogen-bond donors (Lipinski definition) is 1. The highest BCUT2D eigenvalue weighted by Crippen LogP contribution is 2.33. The Kier molecular flexibility index (Phi) is 3.14. The third-order valence-electron chi connectivity index (χ3n) is 2.79. The molecule has 1 fully saturated rings. The molecule has 1 unspecified atom stereocenters. The van der Waals surface area contributed by atoms with Crippen LogP contribution in [0.25, 0.3) is 0 Å². The molecule has 1 saturated carbocycles. The van der Waals surface area contributed by atoms with Crippen LogP contribution >= 0.6 is 0 Å². The third kappa shape index (κ3) is 3.11. The van der Waals surface area contributed by atoms with Crippen molar-refractivity contribution in [1.29, 1.82) is 0 Å². The summed E-state index contributed by atoms with van der Waals surface area (Å²) in [6.07, 6.45) is 7.93. The lowest BCUT2D eigenvalue weighted by Crippen LogP contribution is -2.25. The molecule has 2 heteroatoms. The summed E-state index contributed by atoms with van der Waals surface area (Å²) in [5.41, 5.74) is 1.32. The van der Waals surface area contributed by atoms with Crippen molar-refractivity contribution in [2.45, 2.75) is 38.8 Å². The van der Waals surface area contributed by atoms with E-state index in [-0.39, 0.29) is 0 Å². The van der Waals surface area contributed by atoms with Gasteiger partial charge < -0.3 is 5.32 Å². The van der Waals surface area contributed by atoms with E-state index in [1.807, 2.05) is 12.4 Å². The Morgan fingerprint density at radius 1 is 1.43 bits per heavy atom. The van der Waals surface area contributed by atoms with Crippen LogP contribution in [0.1, 0.15) is 31.7 Å². The molecule has 0 saturated heterocycles. The SMILES string of the molecule is CC(CC1CC1)NCc1ccncc1. The van der Waals surface area contributed by atoms with Crippen molar-refractivity contribution in [3.05, 3.63) is 30.1 Å². The number of nitrogens with zero attached hydrogens (tertiary/aromatic N) is 1. The summed E-state index contributed by atoms with van der Waals surface area (Å²) in [7, 11) is 0. The minimum Gasteiger partial charge on any atom is -0.310 e. The summed E-state index contributed by atoms with van der Waals surface area (Å²) in [5.74, 6) is 1.01. The topological polar surface area (TPSA) is 24.9 Å². The van der Waals surface area contributed by atoms with Crippen LogP contribution in [-0.2, 0) is 6.54 Å². The normalized spacial score (nSPS) is 18.1. The van der Waals surface area contributed by atoms with Gasteiger partial charge in [-0.25, -0.2) is 0 Å². The fourth-order valence-corrected chi connectivity index (χ4v) is 1.73. The fourth-order valence-electron chi connectivity index (χ4n) is 1.73. The number of nitrogens with one attached hydrogen (secondary N) is 1. The number of rotatable bonds is 5. The second-order valence-corrected chi connectivity index (χ2v) is 4.32. The Bertz CT molecular complexity index is 267. The van der Waals surface area contributed by atoms with Gasteiger partial charge in [0.1, 0.15) is 0 Å². The van der Waals surface area contributed by atoms with Gasteiger partial charge >= 0.3 is 0 Å². The van der Waals surface area contributed by atoms with Gasteiger partial charge in [0, 0.05) is 25.0 Å². The van der Waals surface area contributed by atoms with E-state index < -0.39 is 0 Å². The Labute approximate surface area is 85.7 Å². The van der Waals surface area contributed by atoms with E-state index in [0.29, 0.717) is 6.04 Å². The van der Waals surface area contributed by atoms with Crippen LogP contribution in [-0.4, -0.2) is 11.0 Å². The van der Waals surface area contributed by atoms with E-state index >= 15 is 0 Å². The Morgan fingerprint density at radius 3 is 2.79 bits per heavy atom. The average Bonchev–Trinajstić information content (AvgIpc) is 3.00. The monoisotopic (exact) mass is 190 g/mol. The number of pyridine rings is 1. The van der Waals surface area contributed by atoms with Gasteiger partial charge in [-0.3, -0.25) is 4.98 Å². The molecule has 1 aromatic rings. The highest BCUT2D eigenvalue weighted by atomic mass is 14.9. The molecule has 0 spiro atoms. The molecule has 1 heterocycles. The molecule has 0 aromatic carbocycles. The van der Waals surface area contributed by atoms with Crippen LogP contribution in [0.4, 0.5) is 0 Å². The van der Waals surface area contributed by atoms with Gasteiger partial charge in [0.05, 0.1) is 0 Å². The van der Waals surface area contributed by atoms with Crippen LogP contribution < -0.4 is 5.32 Å². The largest absolute Gasteiger partial charge is 0.310 e. The van der Waals surface area contributed by atoms with Crippen LogP contribution in [0.3, 0.4) is 0 Å². The quantitative estimate of drug-likeness (QED) is 0.771. The van der Waals surface area contributed by atoms with E-state index in [2.05, 4.69) is 29.4 Å². The first kappa shape index (κ1) is 9.66. The molecule has 76 valence electrons. The minimum atomic E-state index is 0.649. The average molecular weight is 190 g/mol. The van der Waals surface area contributed by atoms with Crippen molar-refractivity contribution in [3.8, 4) is 0 Å². The molecule has 2 rings (SSSR count). The van der Waals surface area contributed by atoms with E-state index in [4.69, 9.17) is 0 Å². The maximum absolute atomic E-state index is 4.00. The fraction of sp³-hybridized carbons (Fsp3) is 0.583. The summed E-state index contributed by atoms with van der Waals surface area (Å²) < 4.78 is 0. The summed E-state index contributed by atoms with van der Waals surface area (Å²) in [6.45, 7) is 3.25. The lowest BCUT2D eigenvalue weighted by atomic mass is 10.1. The van der Waals surface area contributed by atoms with Crippen molar-refractivity contribution in [3.63, 3.8) is 0 Å². The first-order chi connectivity index (χ1) is 6.84. The molecule has 2 nitrogen and oxygen atoms in total. The van der Waals surface area contributed by atoms with Gasteiger partial charge in [0.25, 0.3) is 0 Å². The highest BCUT2D eigenvalue weighted by molar-refractivity contribution is 5.09. The van der Waals surface area contributed by atoms with Crippen molar-refractivity contribution >= 4 is 0 Å². The van der Waals surface area contributed by atoms with Crippen molar-refractivity contribution in [2.75, 3.05) is 0 Å². The molecular formula is C12H18N2. The molecule has 0 aliphatic heterocycles. The lowest BCUT2D eigenvalue weighted by Gasteiger charge is -2.12. The first-order valence-corrected chi connectivity index (χ1v) is 5.47. The Morgan fingerprint density at radius 2 is 2.14 bits per heavy atom. The number of hydrogen-bond acceptors (Lipinski definition) is 2. The smallest absolute Gasteiger partial charge is 0.0271 e. The predicted octanol–water partition coefficient (Wildman–Crippen LogP) is 2.36. The lowest BCUT2D eigenvalue weighted by molar-refractivity contribution is 0.487. The molecule has 1 aromatic heterocycles. The van der Waals surface area contributed by atoms with Crippen LogP contribution in [0.15, 0.2) is 24.5 Å². The van der Waals surface area contributed by atoms with Crippen LogP contribution in [0.2, 0.25) is 0 Å². The summed E-state index contributed by atoms with van der Waals surface area (Å²) in [4.78, 5) is 4.00. The summed E-state index contributed by atoms with van der Waals surface area (Å²) in [6, 6.07) is 4.78. The van der Waals surface area contributed by atoms with Crippen molar-refractivity contribution < 1.29 is 0 Å². The molecule has 1 N–H and O–H groups in total. The Hall–Kier alpha value is -0.890. The molecule has 1 atom stereocenters. The molecule has 1 aliphatic rings. The molecule has 0 radical (unpaired) electrons. The van der Waals surface area contributed by atoms with E-state index in [1.165, 1.54) is 24.8 Å². The van der Waals surface area contributed by atoms with E-state index in [9.17, 15) is 0 Å². The molecule has 0 bridgehead atoms. The van der Waals surface area contributed by atoms with Crippen molar-refractivity contribution in [2.24, 2.45) is 5.92 Å². The Balaban J connectivity index is 1.70. The maximum atomic E-state index is 4.00. The van der Waals surface area contributed by atoms with Crippen LogP contribution in [0.5, 0.6) is 0 Å². The van der Waals surface area contributed by atoms with Gasteiger partial charge in [0.15, 0.2) is 0 Å². The summed E-state index contributed by atoms with van der Waals surface area (Å²) in [5, 5.41) is 3.54. The predicted molar refractivity (Wildman–Crippen MR) is 57.9 cm³/mol. The van der Waals surface area contributed by atoms with Gasteiger partial charge in [0.2, 0.25) is 0 Å². The van der Waals surface area contributed by atoms with E-state index in [1.54, 1.807) is 0 Å².